The molecule has 0 saturated heterocycles. The molecule has 16 heavy (non-hydrogen) atoms. The van der Waals surface area contributed by atoms with E-state index in [2.05, 4.69) is 26.3 Å². The molecule has 2 heterocycles. The summed E-state index contributed by atoms with van der Waals surface area (Å²) in [6, 6.07) is 4.11. The van der Waals surface area contributed by atoms with Crippen molar-refractivity contribution >= 4 is 0 Å². The van der Waals surface area contributed by atoms with Gasteiger partial charge in [0.1, 0.15) is 0 Å². The molecule has 1 unspecified atom stereocenters. The third-order valence-electron chi connectivity index (χ3n) is 2.42. The zero-order chi connectivity index (χ0) is 11.4. The quantitative estimate of drug-likeness (QED) is 0.841. The van der Waals surface area contributed by atoms with Crippen LogP contribution in [0.25, 0.3) is 0 Å². The molecule has 0 bridgehead atoms. The van der Waals surface area contributed by atoms with Crippen molar-refractivity contribution in [1.29, 1.82) is 0 Å². The molecule has 1 N–H and O–H groups in total. The van der Waals surface area contributed by atoms with Crippen LogP contribution in [0.5, 0.6) is 0 Å². The maximum Gasteiger partial charge on any atom is 0.0801 e. The number of nitrogens with one attached hydrogen (secondary N) is 1. The Hall–Kier alpha value is -1.81. The third-order valence-corrected chi connectivity index (χ3v) is 2.42. The Balaban J connectivity index is 2.37. The standard InChI is InChI=1S/C12H14N4/c1-9-7-10(3-4-15-9)12(13-2)11-8-14-5-6-16-11/h3-8,12-13H,1-2H3. The summed E-state index contributed by atoms with van der Waals surface area (Å²) < 4.78 is 0. The fraction of sp³-hybridized carbons (Fsp3) is 0.250. The van der Waals surface area contributed by atoms with Crippen molar-refractivity contribution in [1.82, 2.24) is 20.3 Å². The van der Waals surface area contributed by atoms with Gasteiger partial charge in [0.2, 0.25) is 0 Å². The lowest BCUT2D eigenvalue weighted by molar-refractivity contribution is 0.665. The maximum atomic E-state index is 4.31. The largest absolute Gasteiger partial charge is 0.308 e. The van der Waals surface area contributed by atoms with Crippen LogP contribution in [-0.2, 0) is 0 Å². The molecule has 1 atom stereocenters. The van der Waals surface area contributed by atoms with Crippen molar-refractivity contribution < 1.29 is 0 Å². The highest BCUT2D eigenvalue weighted by atomic mass is 14.9. The Morgan fingerprint density at radius 1 is 1.19 bits per heavy atom. The molecule has 0 aliphatic rings. The van der Waals surface area contributed by atoms with E-state index in [0.29, 0.717) is 0 Å². The number of rotatable bonds is 3. The summed E-state index contributed by atoms with van der Waals surface area (Å²) in [7, 11) is 1.91. The fourth-order valence-corrected chi connectivity index (χ4v) is 1.69. The summed E-state index contributed by atoms with van der Waals surface area (Å²) in [5.74, 6) is 0. The van der Waals surface area contributed by atoms with Crippen molar-refractivity contribution in [2.75, 3.05) is 7.05 Å². The van der Waals surface area contributed by atoms with Gasteiger partial charge < -0.3 is 5.32 Å². The predicted octanol–water partition coefficient (Wildman–Crippen LogP) is 1.49. The van der Waals surface area contributed by atoms with Crippen LogP contribution in [0.1, 0.15) is 23.0 Å². The van der Waals surface area contributed by atoms with E-state index in [-0.39, 0.29) is 6.04 Å². The Labute approximate surface area is 94.8 Å². The van der Waals surface area contributed by atoms with Crippen LogP contribution in [0, 0.1) is 6.92 Å². The summed E-state index contributed by atoms with van der Waals surface area (Å²) in [6.45, 7) is 1.98. The van der Waals surface area contributed by atoms with Gasteiger partial charge in [-0.3, -0.25) is 15.0 Å². The van der Waals surface area contributed by atoms with Gasteiger partial charge in [-0.25, -0.2) is 0 Å². The lowest BCUT2D eigenvalue weighted by Crippen LogP contribution is -2.19. The molecule has 0 aliphatic heterocycles. The molecule has 2 rings (SSSR count). The highest BCUT2D eigenvalue weighted by Gasteiger charge is 2.13. The first-order valence-corrected chi connectivity index (χ1v) is 5.17. The monoisotopic (exact) mass is 214 g/mol. The first-order chi connectivity index (χ1) is 7.81. The summed E-state index contributed by atoms with van der Waals surface area (Å²) in [4.78, 5) is 12.6. The summed E-state index contributed by atoms with van der Waals surface area (Å²) in [6.07, 6.45) is 6.96. The molecule has 2 aromatic rings. The van der Waals surface area contributed by atoms with Crippen molar-refractivity contribution in [2.24, 2.45) is 0 Å². The molecular formula is C12H14N4. The van der Waals surface area contributed by atoms with Gasteiger partial charge in [0.15, 0.2) is 0 Å². The van der Waals surface area contributed by atoms with E-state index < -0.39 is 0 Å². The van der Waals surface area contributed by atoms with Gasteiger partial charge in [0, 0.05) is 24.3 Å². The smallest absolute Gasteiger partial charge is 0.0801 e. The lowest BCUT2D eigenvalue weighted by Gasteiger charge is -2.15. The first-order valence-electron chi connectivity index (χ1n) is 5.17. The number of nitrogens with zero attached hydrogens (tertiary/aromatic N) is 3. The van der Waals surface area contributed by atoms with E-state index in [1.807, 2.05) is 26.2 Å². The van der Waals surface area contributed by atoms with Crippen molar-refractivity contribution in [3.8, 4) is 0 Å². The van der Waals surface area contributed by atoms with E-state index in [9.17, 15) is 0 Å². The molecule has 0 fully saturated rings. The molecule has 0 radical (unpaired) electrons. The average Bonchev–Trinajstić information content (AvgIpc) is 2.31. The fourth-order valence-electron chi connectivity index (χ4n) is 1.69. The minimum atomic E-state index is 0.0652. The van der Waals surface area contributed by atoms with E-state index in [1.165, 1.54) is 0 Å². The topological polar surface area (TPSA) is 50.7 Å². The number of aryl methyl sites for hydroxylation is 1. The van der Waals surface area contributed by atoms with Gasteiger partial charge in [-0.15, -0.1) is 0 Å². The van der Waals surface area contributed by atoms with E-state index >= 15 is 0 Å². The van der Waals surface area contributed by atoms with Crippen LogP contribution in [0.4, 0.5) is 0 Å². The van der Waals surface area contributed by atoms with Gasteiger partial charge in [0.05, 0.1) is 17.9 Å². The summed E-state index contributed by atoms with van der Waals surface area (Å²) >= 11 is 0. The molecule has 82 valence electrons. The number of pyridine rings is 1. The molecule has 0 spiro atoms. The van der Waals surface area contributed by atoms with Gasteiger partial charge in [-0.2, -0.15) is 0 Å². The summed E-state index contributed by atoms with van der Waals surface area (Å²) in [5, 5.41) is 3.23. The zero-order valence-corrected chi connectivity index (χ0v) is 9.38. The normalized spacial score (nSPS) is 12.4. The Bertz CT molecular complexity index is 456. The Morgan fingerprint density at radius 2 is 2.06 bits per heavy atom. The minimum absolute atomic E-state index is 0.0652. The van der Waals surface area contributed by atoms with Crippen LogP contribution in [-0.4, -0.2) is 22.0 Å². The van der Waals surface area contributed by atoms with Gasteiger partial charge >= 0.3 is 0 Å². The maximum absolute atomic E-state index is 4.31. The number of aromatic nitrogens is 3. The third kappa shape index (κ3) is 2.23. The van der Waals surface area contributed by atoms with E-state index in [1.54, 1.807) is 18.6 Å². The molecule has 4 heteroatoms. The Kier molecular flexibility index (Phi) is 3.22. The SMILES string of the molecule is CNC(c1ccnc(C)c1)c1cnccn1. The van der Waals surface area contributed by atoms with Gasteiger partial charge in [0.25, 0.3) is 0 Å². The minimum Gasteiger partial charge on any atom is -0.308 e. The lowest BCUT2D eigenvalue weighted by atomic mass is 10.0. The molecule has 0 aliphatic carbocycles. The van der Waals surface area contributed by atoms with Crippen molar-refractivity contribution in [3.05, 3.63) is 53.9 Å². The van der Waals surface area contributed by atoms with Crippen LogP contribution < -0.4 is 5.32 Å². The van der Waals surface area contributed by atoms with Crippen molar-refractivity contribution in [2.45, 2.75) is 13.0 Å². The average molecular weight is 214 g/mol. The first kappa shape index (κ1) is 10.7. The van der Waals surface area contributed by atoms with Gasteiger partial charge in [-0.1, -0.05) is 0 Å². The van der Waals surface area contributed by atoms with Crippen LogP contribution in [0.15, 0.2) is 36.9 Å². The second-order valence-corrected chi connectivity index (χ2v) is 3.58. The predicted molar refractivity (Wildman–Crippen MR) is 61.9 cm³/mol. The zero-order valence-electron chi connectivity index (χ0n) is 9.38. The Morgan fingerprint density at radius 3 is 2.69 bits per heavy atom. The molecule has 0 amide bonds. The molecule has 2 aromatic heterocycles. The highest BCUT2D eigenvalue weighted by Crippen LogP contribution is 2.18. The second-order valence-electron chi connectivity index (χ2n) is 3.58. The van der Waals surface area contributed by atoms with Crippen LogP contribution >= 0.6 is 0 Å². The number of hydrogen-bond donors (Lipinski definition) is 1. The highest BCUT2D eigenvalue weighted by molar-refractivity contribution is 5.26. The van der Waals surface area contributed by atoms with Gasteiger partial charge in [-0.05, 0) is 31.7 Å². The van der Waals surface area contributed by atoms with Crippen molar-refractivity contribution in [3.63, 3.8) is 0 Å². The second kappa shape index (κ2) is 4.81. The molecule has 4 nitrogen and oxygen atoms in total. The van der Waals surface area contributed by atoms with E-state index in [4.69, 9.17) is 0 Å². The number of hydrogen-bond acceptors (Lipinski definition) is 4. The van der Waals surface area contributed by atoms with E-state index in [0.717, 1.165) is 17.0 Å². The van der Waals surface area contributed by atoms with Crippen LogP contribution in [0.2, 0.25) is 0 Å². The molecule has 0 saturated carbocycles. The molecule has 0 aromatic carbocycles. The summed E-state index contributed by atoms with van der Waals surface area (Å²) in [5.41, 5.74) is 3.06. The van der Waals surface area contributed by atoms with Crippen LogP contribution in [0.3, 0.4) is 0 Å². The molecular weight excluding hydrogens is 200 g/mol.